The van der Waals surface area contributed by atoms with E-state index < -0.39 is 0 Å². The van der Waals surface area contributed by atoms with Gasteiger partial charge in [-0.05, 0) is 74.8 Å². The van der Waals surface area contributed by atoms with E-state index in [0.717, 1.165) is 31.6 Å². The van der Waals surface area contributed by atoms with E-state index >= 15 is 0 Å². The molecule has 0 unspecified atom stereocenters. The molecule has 0 radical (unpaired) electrons. The van der Waals surface area contributed by atoms with E-state index in [0.29, 0.717) is 23.4 Å². The molecule has 162 valence electrons. The predicted octanol–water partition coefficient (Wildman–Crippen LogP) is 2.71. The topological polar surface area (TPSA) is 79.0 Å². The molecular formula is C24H27N3O4. The molecule has 0 spiro atoms. The number of rotatable bonds is 8. The summed E-state index contributed by atoms with van der Waals surface area (Å²) >= 11 is 0. The Morgan fingerprint density at radius 3 is 2.58 bits per heavy atom. The molecule has 31 heavy (non-hydrogen) atoms. The average Bonchev–Trinajstić information content (AvgIpc) is 3.39. The highest BCUT2D eigenvalue weighted by atomic mass is 16.5. The number of methoxy groups -OCH3 is 1. The number of fused-ring (bicyclic) bond motifs is 1. The van der Waals surface area contributed by atoms with Crippen LogP contribution in [0.5, 0.6) is 5.75 Å². The Labute approximate surface area is 182 Å². The van der Waals surface area contributed by atoms with Crippen molar-refractivity contribution >= 4 is 17.7 Å². The lowest BCUT2D eigenvalue weighted by Crippen LogP contribution is -2.29. The Bertz CT molecular complexity index is 998. The third kappa shape index (κ3) is 4.61. The van der Waals surface area contributed by atoms with Crippen LogP contribution in [0, 0.1) is 0 Å². The number of carbonyl (C=O) groups excluding carboxylic acids is 3. The van der Waals surface area contributed by atoms with E-state index in [1.165, 1.54) is 23.8 Å². The summed E-state index contributed by atoms with van der Waals surface area (Å²) in [5.74, 6) is -0.291. The van der Waals surface area contributed by atoms with Gasteiger partial charge in [-0.15, -0.1) is 0 Å². The van der Waals surface area contributed by atoms with Crippen LogP contribution in [0.2, 0.25) is 0 Å². The molecule has 0 atom stereocenters. The summed E-state index contributed by atoms with van der Waals surface area (Å²) in [5.41, 5.74) is 1.80. The van der Waals surface area contributed by atoms with Gasteiger partial charge in [0.05, 0.1) is 24.8 Å². The number of nitrogens with one attached hydrogen (secondary N) is 1. The van der Waals surface area contributed by atoms with Crippen LogP contribution in [0.1, 0.15) is 55.9 Å². The van der Waals surface area contributed by atoms with E-state index in [-0.39, 0.29) is 29.8 Å². The molecule has 1 N–H and O–H groups in total. The number of likely N-dealkylation sites (tertiary alicyclic amines) is 1. The second-order valence-corrected chi connectivity index (χ2v) is 7.97. The van der Waals surface area contributed by atoms with Gasteiger partial charge in [0.25, 0.3) is 17.7 Å². The van der Waals surface area contributed by atoms with Gasteiger partial charge in [-0.1, -0.05) is 12.1 Å². The SMILES string of the molecule is COc1cccc(CN2C(=O)c3ccc(C(=O)NCCCN4CCCC4)cc3C2=O)c1. The van der Waals surface area contributed by atoms with E-state index in [9.17, 15) is 14.4 Å². The van der Waals surface area contributed by atoms with Gasteiger partial charge in [0.2, 0.25) is 0 Å². The van der Waals surface area contributed by atoms with Crippen LogP contribution < -0.4 is 10.1 Å². The van der Waals surface area contributed by atoms with Crippen molar-refractivity contribution in [3.8, 4) is 5.75 Å². The average molecular weight is 421 g/mol. The van der Waals surface area contributed by atoms with Crippen LogP contribution in [-0.4, -0.2) is 60.8 Å². The molecule has 7 nitrogen and oxygen atoms in total. The number of carbonyl (C=O) groups is 3. The Balaban J connectivity index is 1.39. The summed E-state index contributed by atoms with van der Waals surface area (Å²) in [6.07, 6.45) is 3.40. The zero-order valence-corrected chi connectivity index (χ0v) is 17.7. The van der Waals surface area contributed by atoms with Gasteiger partial charge in [0.1, 0.15) is 5.75 Å². The van der Waals surface area contributed by atoms with E-state index in [1.54, 1.807) is 25.3 Å². The number of benzene rings is 2. The summed E-state index contributed by atoms with van der Waals surface area (Å²) in [7, 11) is 1.57. The first kappa shape index (κ1) is 21.1. The largest absolute Gasteiger partial charge is 0.497 e. The summed E-state index contributed by atoms with van der Waals surface area (Å²) in [5, 5.41) is 2.91. The van der Waals surface area contributed by atoms with Gasteiger partial charge in [0.15, 0.2) is 0 Å². The first-order valence-corrected chi connectivity index (χ1v) is 10.7. The van der Waals surface area contributed by atoms with Crippen LogP contribution in [0.3, 0.4) is 0 Å². The normalized spacial score (nSPS) is 16.0. The highest BCUT2D eigenvalue weighted by Gasteiger charge is 2.36. The quantitative estimate of drug-likeness (QED) is 0.524. The van der Waals surface area contributed by atoms with Crippen LogP contribution in [0.25, 0.3) is 0 Å². The van der Waals surface area contributed by atoms with Gasteiger partial charge >= 0.3 is 0 Å². The Morgan fingerprint density at radius 1 is 1.03 bits per heavy atom. The molecule has 0 aromatic heterocycles. The van der Waals surface area contributed by atoms with E-state index in [2.05, 4.69) is 10.2 Å². The first-order valence-electron chi connectivity index (χ1n) is 10.7. The molecule has 3 amide bonds. The molecule has 4 rings (SSSR count). The second kappa shape index (κ2) is 9.31. The molecule has 1 saturated heterocycles. The van der Waals surface area contributed by atoms with Crippen molar-refractivity contribution in [2.45, 2.75) is 25.8 Å². The maximum Gasteiger partial charge on any atom is 0.261 e. The highest BCUT2D eigenvalue weighted by molar-refractivity contribution is 6.22. The van der Waals surface area contributed by atoms with Crippen molar-refractivity contribution in [1.82, 2.24) is 15.1 Å². The summed E-state index contributed by atoms with van der Waals surface area (Å²) in [6, 6.07) is 12.0. The fourth-order valence-electron chi connectivity index (χ4n) is 4.14. The molecule has 1 fully saturated rings. The molecule has 2 aromatic carbocycles. The Morgan fingerprint density at radius 2 is 1.81 bits per heavy atom. The lowest BCUT2D eigenvalue weighted by atomic mass is 10.1. The molecule has 0 bridgehead atoms. The molecular weight excluding hydrogens is 394 g/mol. The lowest BCUT2D eigenvalue weighted by Gasteiger charge is -2.14. The number of hydrogen-bond acceptors (Lipinski definition) is 5. The minimum absolute atomic E-state index is 0.154. The van der Waals surface area contributed by atoms with Crippen molar-refractivity contribution in [2.75, 3.05) is 33.3 Å². The van der Waals surface area contributed by atoms with Crippen molar-refractivity contribution in [3.05, 3.63) is 64.7 Å². The maximum absolute atomic E-state index is 12.9. The third-order valence-electron chi connectivity index (χ3n) is 5.84. The van der Waals surface area contributed by atoms with Crippen molar-refractivity contribution in [1.29, 1.82) is 0 Å². The standard InChI is InChI=1S/C24H27N3O4/c1-31-19-7-4-6-17(14-19)16-27-23(29)20-9-8-18(15-21(20)24(27)30)22(28)25-10-5-13-26-11-2-3-12-26/h4,6-9,14-15H,2-3,5,10-13,16H2,1H3,(H,25,28). The Hall–Kier alpha value is -3.19. The summed E-state index contributed by atoms with van der Waals surface area (Å²) in [6.45, 7) is 4.00. The number of amides is 3. The predicted molar refractivity (Wildman–Crippen MR) is 116 cm³/mol. The molecule has 2 heterocycles. The number of ether oxygens (including phenoxy) is 1. The van der Waals surface area contributed by atoms with Crippen molar-refractivity contribution in [2.24, 2.45) is 0 Å². The van der Waals surface area contributed by atoms with Crippen LogP contribution in [0.4, 0.5) is 0 Å². The number of hydrogen-bond donors (Lipinski definition) is 1. The van der Waals surface area contributed by atoms with Gasteiger partial charge in [-0.25, -0.2) is 0 Å². The smallest absolute Gasteiger partial charge is 0.261 e. The lowest BCUT2D eigenvalue weighted by molar-refractivity contribution is 0.0642. The molecule has 7 heteroatoms. The summed E-state index contributed by atoms with van der Waals surface area (Å²) < 4.78 is 5.21. The zero-order chi connectivity index (χ0) is 21.8. The van der Waals surface area contributed by atoms with Crippen molar-refractivity contribution < 1.29 is 19.1 Å². The third-order valence-corrected chi connectivity index (χ3v) is 5.84. The van der Waals surface area contributed by atoms with Gasteiger partial charge in [0, 0.05) is 12.1 Å². The molecule has 2 aliphatic heterocycles. The minimum Gasteiger partial charge on any atom is -0.497 e. The van der Waals surface area contributed by atoms with Crippen LogP contribution in [0.15, 0.2) is 42.5 Å². The number of nitrogens with zero attached hydrogens (tertiary/aromatic N) is 2. The van der Waals surface area contributed by atoms with E-state index in [1.807, 2.05) is 18.2 Å². The fourth-order valence-corrected chi connectivity index (χ4v) is 4.14. The molecule has 2 aliphatic rings. The van der Waals surface area contributed by atoms with E-state index in [4.69, 9.17) is 4.74 Å². The first-order chi connectivity index (χ1) is 15.1. The summed E-state index contributed by atoms with van der Waals surface area (Å²) in [4.78, 5) is 41.8. The maximum atomic E-state index is 12.9. The highest BCUT2D eigenvalue weighted by Crippen LogP contribution is 2.26. The zero-order valence-electron chi connectivity index (χ0n) is 17.7. The molecule has 2 aromatic rings. The van der Waals surface area contributed by atoms with Gasteiger partial charge in [-0.3, -0.25) is 19.3 Å². The number of imide groups is 1. The molecule has 0 saturated carbocycles. The second-order valence-electron chi connectivity index (χ2n) is 7.97. The molecule has 0 aliphatic carbocycles. The van der Waals surface area contributed by atoms with Gasteiger partial charge in [-0.2, -0.15) is 0 Å². The monoisotopic (exact) mass is 421 g/mol. The van der Waals surface area contributed by atoms with Crippen LogP contribution >= 0.6 is 0 Å². The van der Waals surface area contributed by atoms with Crippen molar-refractivity contribution in [3.63, 3.8) is 0 Å². The fraction of sp³-hybridized carbons (Fsp3) is 0.375. The Kier molecular flexibility index (Phi) is 6.32. The minimum atomic E-state index is -0.383. The van der Waals surface area contributed by atoms with Crippen LogP contribution in [-0.2, 0) is 6.54 Å². The van der Waals surface area contributed by atoms with Gasteiger partial charge < -0.3 is 15.0 Å².